The number of hydrogen-bond acceptors (Lipinski definition) is 1. The SMILES string of the molecule is C/C=C\C=C(/N)c1ccc2c(c1)CCc1c-2n(-c2ccc3ccccc3c2)c2cc(-c3ccc(-c4cccc5ccccc45)cc3)ccc12.CC. The van der Waals surface area contributed by atoms with Crippen LogP contribution in [0.1, 0.15) is 37.5 Å². The number of benzene rings is 7. The quantitative estimate of drug-likeness (QED) is 0.183. The summed E-state index contributed by atoms with van der Waals surface area (Å²) >= 11 is 0. The molecule has 0 amide bonds. The van der Waals surface area contributed by atoms with Gasteiger partial charge in [-0.15, -0.1) is 0 Å². The Labute approximate surface area is 300 Å². The molecule has 0 saturated carbocycles. The van der Waals surface area contributed by atoms with Gasteiger partial charge >= 0.3 is 0 Å². The molecule has 0 spiro atoms. The third kappa shape index (κ3) is 5.73. The van der Waals surface area contributed by atoms with Crippen molar-refractivity contribution in [2.75, 3.05) is 0 Å². The molecule has 248 valence electrons. The van der Waals surface area contributed by atoms with Crippen LogP contribution < -0.4 is 5.73 Å². The van der Waals surface area contributed by atoms with Crippen LogP contribution in [0.4, 0.5) is 0 Å². The second kappa shape index (κ2) is 13.7. The van der Waals surface area contributed by atoms with Gasteiger partial charge in [0.2, 0.25) is 0 Å². The van der Waals surface area contributed by atoms with Gasteiger partial charge in [-0.1, -0.05) is 147 Å². The smallest absolute Gasteiger partial charge is 0.0575 e. The number of hydrogen-bond donors (Lipinski definition) is 1. The number of aromatic nitrogens is 1. The van der Waals surface area contributed by atoms with Crippen LogP contribution in [0.25, 0.3) is 77.3 Å². The average molecular weight is 659 g/mol. The Kier molecular flexibility index (Phi) is 8.59. The van der Waals surface area contributed by atoms with E-state index in [2.05, 4.69) is 150 Å². The second-order valence-electron chi connectivity index (χ2n) is 13.0. The first-order chi connectivity index (χ1) is 25.2. The standard InChI is InChI=1S/C47H36N2.C2H6/c1-2-3-15-45(48)38-23-25-42-37(28-38)22-27-44-43-26-21-36(30-46(43)49(47(42)44)39-24-20-31-9-4-5-11-35(31)29-39)32-16-18-34(19-17-32)41-14-8-12-33-10-6-7-13-40(33)41;1-2/h2-21,23-26,28-30H,22,27,48H2,1H3;1-2H3/b3-2-,45-15-;. The van der Waals surface area contributed by atoms with Crippen LogP contribution in [-0.4, -0.2) is 4.57 Å². The molecule has 0 unspecified atom stereocenters. The topological polar surface area (TPSA) is 30.9 Å². The minimum atomic E-state index is 0.790. The van der Waals surface area contributed by atoms with E-state index in [9.17, 15) is 0 Å². The van der Waals surface area contributed by atoms with E-state index < -0.39 is 0 Å². The van der Waals surface area contributed by atoms with Gasteiger partial charge in [0, 0.05) is 22.3 Å². The fraction of sp³-hybridized carbons (Fsp3) is 0.102. The minimum absolute atomic E-state index is 0.790. The van der Waals surface area contributed by atoms with Crippen LogP contribution >= 0.6 is 0 Å². The maximum Gasteiger partial charge on any atom is 0.0575 e. The highest BCUT2D eigenvalue weighted by molar-refractivity contribution is 5.99. The first-order valence-corrected chi connectivity index (χ1v) is 18.1. The van der Waals surface area contributed by atoms with E-state index in [0.29, 0.717) is 0 Å². The van der Waals surface area contributed by atoms with Crippen molar-refractivity contribution in [3.63, 3.8) is 0 Å². The summed E-state index contributed by atoms with van der Waals surface area (Å²) in [6.45, 7) is 6.01. The molecule has 0 aliphatic heterocycles. The molecule has 0 atom stereocenters. The molecule has 2 nitrogen and oxygen atoms in total. The van der Waals surface area contributed by atoms with Crippen LogP contribution in [0.15, 0.2) is 164 Å². The van der Waals surface area contributed by atoms with Crippen molar-refractivity contribution in [2.24, 2.45) is 5.73 Å². The predicted molar refractivity (Wildman–Crippen MR) is 220 cm³/mol. The summed E-state index contributed by atoms with van der Waals surface area (Å²) in [5.41, 5.74) is 21.0. The molecule has 0 saturated heterocycles. The van der Waals surface area contributed by atoms with E-state index in [1.165, 1.54) is 82.8 Å². The van der Waals surface area contributed by atoms with E-state index in [-0.39, 0.29) is 0 Å². The molecule has 1 heterocycles. The first-order valence-electron chi connectivity index (χ1n) is 18.1. The molecule has 7 aromatic carbocycles. The number of nitrogens with two attached hydrogens (primary N) is 1. The Morgan fingerprint density at radius 3 is 2.14 bits per heavy atom. The van der Waals surface area contributed by atoms with Crippen LogP contribution in [0.3, 0.4) is 0 Å². The van der Waals surface area contributed by atoms with Crippen molar-refractivity contribution in [3.05, 3.63) is 181 Å². The zero-order chi connectivity index (χ0) is 34.9. The summed E-state index contributed by atoms with van der Waals surface area (Å²) in [6, 6.07) is 53.5. The molecular weight excluding hydrogens is 617 g/mol. The predicted octanol–water partition coefficient (Wildman–Crippen LogP) is 12.9. The Morgan fingerprint density at radius 2 is 1.31 bits per heavy atom. The normalized spacial score (nSPS) is 12.6. The minimum Gasteiger partial charge on any atom is -0.398 e. The van der Waals surface area contributed by atoms with E-state index in [1.807, 2.05) is 39.0 Å². The lowest BCUT2D eigenvalue weighted by atomic mass is 9.87. The molecule has 0 radical (unpaired) electrons. The summed E-state index contributed by atoms with van der Waals surface area (Å²) in [5, 5.41) is 6.35. The van der Waals surface area contributed by atoms with Gasteiger partial charge in [-0.25, -0.2) is 0 Å². The number of fused-ring (bicyclic) bond motifs is 7. The van der Waals surface area contributed by atoms with Gasteiger partial charge in [0.15, 0.2) is 0 Å². The van der Waals surface area contributed by atoms with E-state index in [4.69, 9.17) is 5.73 Å². The number of aryl methyl sites for hydroxylation is 2. The number of rotatable bonds is 5. The molecular formula is C49H42N2. The fourth-order valence-electron chi connectivity index (χ4n) is 7.74. The highest BCUT2D eigenvalue weighted by Gasteiger charge is 2.26. The molecule has 1 aromatic heterocycles. The first kappa shape index (κ1) is 32.1. The largest absolute Gasteiger partial charge is 0.398 e. The molecule has 9 rings (SSSR count). The Hall–Kier alpha value is -6.12. The highest BCUT2D eigenvalue weighted by atomic mass is 15.0. The van der Waals surface area contributed by atoms with Crippen LogP contribution in [0, 0.1) is 0 Å². The highest BCUT2D eigenvalue weighted by Crippen LogP contribution is 2.44. The van der Waals surface area contributed by atoms with Crippen LogP contribution in [0.5, 0.6) is 0 Å². The fourth-order valence-corrected chi connectivity index (χ4v) is 7.74. The Morgan fingerprint density at radius 1 is 0.588 bits per heavy atom. The average Bonchev–Trinajstić information content (AvgIpc) is 3.54. The van der Waals surface area contributed by atoms with Crippen LogP contribution in [-0.2, 0) is 12.8 Å². The number of nitrogens with zero attached hydrogens (tertiary/aromatic N) is 1. The molecule has 51 heavy (non-hydrogen) atoms. The van der Waals surface area contributed by atoms with Crippen molar-refractivity contribution in [3.8, 4) is 39.2 Å². The summed E-state index contributed by atoms with van der Waals surface area (Å²) in [5.74, 6) is 0. The van der Waals surface area contributed by atoms with Crippen molar-refractivity contribution < 1.29 is 0 Å². The van der Waals surface area contributed by atoms with E-state index in [1.54, 1.807) is 0 Å². The molecule has 2 N–H and O–H groups in total. The van der Waals surface area contributed by atoms with Crippen molar-refractivity contribution in [2.45, 2.75) is 33.6 Å². The lowest BCUT2D eigenvalue weighted by molar-refractivity contribution is 0.933. The Balaban J connectivity index is 0.00000184. The van der Waals surface area contributed by atoms with E-state index in [0.717, 1.165) is 24.1 Å². The van der Waals surface area contributed by atoms with Gasteiger partial charge in [0.1, 0.15) is 0 Å². The van der Waals surface area contributed by atoms with Crippen molar-refractivity contribution in [1.29, 1.82) is 0 Å². The van der Waals surface area contributed by atoms with Gasteiger partial charge in [-0.3, -0.25) is 0 Å². The van der Waals surface area contributed by atoms with Crippen molar-refractivity contribution in [1.82, 2.24) is 4.57 Å². The summed E-state index contributed by atoms with van der Waals surface area (Å²) in [7, 11) is 0. The third-order valence-electron chi connectivity index (χ3n) is 10.2. The number of allylic oxidation sites excluding steroid dienone is 3. The summed E-state index contributed by atoms with van der Waals surface area (Å²) in [6.07, 6.45) is 7.96. The lowest BCUT2D eigenvalue weighted by Gasteiger charge is -2.21. The van der Waals surface area contributed by atoms with Gasteiger partial charge in [-0.05, 0) is 111 Å². The second-order valence-corrected chi connectivity index (χ2v) is 13.0. The maximum atomic E-state index is 6.49. The lowest BCUT2D eigenvalue weighted by Crippen LogP contribution is -2.08. The van der Waals surface area contributed by atoms with Crippen LogP contribution in [0.2, 0.25) is 0 Å². The monoisotopic (exact) mass is 658 g/mol. The summed E-state index contributed by atoms with van der Waals surface area (Å²) in [4.78, 5) is 0. The molecule has 8 aromatic rings. The van der Waals surface area contributed by atoms with Crippen molar-refractivity contribution >= 4 is 38.1 Å². The Bertz CT molecular complexity index is 2610. The molecule has 1 aliphatic carbocycles. The molecule has 0 bridgehead atoms. The van der Waals surface area contributed by atoms with E-state index >= 15 is 0 Å². The third-order valence-corrected chi connectivity index (χ3v) is 10.2. The zero-order valence-corrected chi connectivity index (χ0v) is 29.5. The van der Waals surface area contributed by atoms with Gasteiger partial charge in [0.05, 0.1) is 11.2 Å². The molecule has 2 heteroatoms. The van der Waals surface area contributed by atoms with Gasteiger partial charge in [-0.2, -0.15) is 0 Å². The molecule has 0 fully saturated rings. The van der Waals surface area contributed by atoms with Gasteiger partial charge in [0.25, 0.3) is 0 Å². The maximum absolute atomic E-state index is 6.49. The summed E-state index contributed by atoms with van der Waals surface area (Å²) < 4.78 is 2.50. The zero-order valence-electron chi connectivity index (χ0n) is 29.5. The van der Waals surface area contributed by atoms with Gasteiger partial charge < -0.3 is 10.3 Å². The molecule has 1 aliphatic rings.